The molecule has 0 aliphatic heterocycles. The second kappa shape index (κ2) is 8.87. The third kappa shape index (κ3) is 4.66. The summed E-state index contributed by atoms with van der Waals surface area (Å²) in [7, 11) is 1.45. The summed E-state index contributed by atoms with van der Waals surface area (Å²) in [4.78, 5) is 44.0. The van der Waals surface area contributed by atoms with Crippen molar-refractivity contribution in [3.05, 3.63) is 20.8 Å². The fourth-order valence-electron chi connectivity index (χ4n) is 3.51. The molecule has 2 aromatic rings. The van der Waals surface area contributed by atoms with Crippen LogP contribution in [0, 0.1) is 11.8 Å². The van der Waals surface area contributed by atoms with Crippen molar-refractivity contribution < 1.29 is 9.59 Å². The number of nitrogens with one attached hydrogen (secondary N) is 2. The van der Waals surface area contributed by atoms with E-state index in [0.717, 1.165) is 29.5 Å². The van der Waals surface area contributed by atoms with Gasteiger partial charge in [0.25, 0.3) is 5.56 Å². The highest BCUT2D eigenvalue weighted by molar-refractivity contribution is 8.00. The summed E-state index contributed by atoms with van der Waals surface area (Å²) in [5, 5.41) is 5.37. The van der Waals surface area contributed by atoms with Crippen LogP contribution in [0.25, 0.3) is 10.2 Å². The van der Waals surface area contributed by atoms with Crippen LogP contribution in [-0.4, -0.2) is 33.8 Å². The van der Waals surface area contributed by atoms with E-state index in [1.165, 1.54) is 29.3 Å². The number of carbonyl (C=O) groups is 2. The Hall–Kier alpha value is -1.87. The van der Waals surface area contributed by atoms with E-state index in [-0.39, 0.29) is 11.5 Å². The van der Waals surface area contributed by atoms with Crippen LogP contribution in [0.15, 0.2) is 9.95 Å². The van der Waals surface area contributed by atoms with E-state index >= 15 is 0 Å². The molecule has 1 aliphatic rings. The van der Waals surface area contributed by atoms with Crippen LogP contribution in [0.4, 0.5) is 4.79 Å². The molecule has 2 heterocycles. The third-order valence-corrected chi connectivity index (χ3v) is 7.28. The lowest BCUT2D eigenvalue weighted by Gasteiger charge is -2.18. The van der Waals surface area contributed by atoms with Gasteiger partial charge in [-0.2, -0.15) is 0 Å². The SMILES string of the molecule is CNC(=O)NC(=O)C(C)Sc1nc2sc3c(c2c(=O)n1CC(C)C)CCC(C)C3. The number of rotatable bonds is 5. The van der Waals surface area contributed by atoms with Gasteiger partial charge in [-0.05, 0) is 43.6 Å². The highest BCUT2D eigenvalue weighted by atomic mass is 32.2. The molecular weight excluding hydrogens is 408 g/mol. The topological polar surface area (TPSA) is 93.1 Å². The molecule has 0 spiro atoms. The van der Waals surface area contributed by atoms with Gasteiger partial charge in [0.1, 0.15) is 4.83 Å². The van der Waals surface area contributed by atoms with E-state index in [1.807, 2.05) is 0 Å². The van der Waals surface area contributed by atoms with Crippen molar-refractivity contribution in [1.82, 2.24) is 20.2 Å². The van der Waals surface area contributed by atoms with Crippen LogP contribution in [0.2, 0.25) is 0 Å². The number of hydrogen-bond acceptors (Lipinski definition) is 6. The Morgan fingerprint density at radius 1 is 1.34 bits per heavy atom. The normalized spacial score (nSPS) is 17.2. The second-order valence-electron chi connectivity index (χ2n) is 8.06. The molecule has 0 saturated carbocycles. The Balaban J connectivity index is 2.02. The molecular formula is C20H28N4O3S2. The van der Waals surface area contributed by atoms with Gasteiger partial charge in [0.05, 0.1) is 10.6 Å². The van der Waals surface area contributed by atoms with Crippen LogP contribution in [0.5, 0.6) is 0 Å². The summed E-state index contributed by atoms with van der Waals surface area (Å²) in [6.07, 6.45) is 3.01. The van der Waals surface area contributed by atoms with Crippen LogP contribution >= 0.6 is 23.1 Å². The summed E-state index contributed by atoms with van der Waals surface area (Å²) < 4.78 is 1.70. The molecule has 0 bridgehead atoms. The van der Waals surface area contributed by atoms with Gasteiger partial charge in [0, 0.05) is 18.5 Å². The minimum Gasteiger partial charge on any atom is -0.341 e. The molecule has 2 unspecified atom stereocenters. The van der Waals surface area contributed by atoms with Crippen molar-refractivity contribution in [1.29, 1.82) is 0 Å². The molecule has 0 saturated heterocycles. The molecule has 2 N–H and O–H groups in total. The van der Waals surface area contributed by atoms with Gasteiger partial charge in [0.15, 0.2) is 5.16 Å². The maximum atomic E-state index is 13.4. The van der Waals surface area contributed by atoms with Gasteiger partial charge in [-0.25, -0.2) is 9.78 Å². The zero-order valence-corrected chi connectivity index (χ0v) is 19.1. The molecule has 3 amide bonds. The zero-order chi connectivity index (χ0) is 21.3. The van der Waals surface area contributed by atoms with Crippen LogP contribution in [0.3, 0.4) is 0 Å². The van der Waals surface area contributed by atoms with Crippen LogP contribution < -0.4 is 16.2 Å². The molecule has 2 atom stereocenters. The lowest BCUT2D eigenvalue weighted by atomic mass is 9.89. The number of aromatic nitrogens is 2. The molecule has 0 fully saturated rings. The zero-order valence-electron chi connectivity index (χ0n) is 17.5. The first kappa shape index (κ1) is 21.8. The summed E-state index contributed by atoms with van der Waals surface area (Å²) in [5.74, 6) is 0.464. The molecule has 0 aromatic carbocycles. The molecule has 3 rings (SSSR count). The van der Waals surface area contributed by atoms with Gasteiger partial charge in [0.2, 0.25) is 5.91 Å². The number of imide groups is 1. The van der Waals surface area contributed by atoms with Crippen molar-refractivity contribution >= 4 is 45.3 Å². The number of thiophene rings is 1. The molecule has 0 radical (unpaired) electrons. The molecule has 7 nitrogen and oxygen atoms in total. The Morgan fingerprint density at radius 2 is 2.07 bits per heavy atom. The number of nitrogens with zero attached hydrogens (tertiary/aromatic N) is 2. The summed E-state index contributed by atoms with van der Waals surface area (Å²) in [6.45, 7) is 8.59. The van der Waals surface area contributed by atoms with Crippen molar-refractivity contribution in [3.8, 4) is 0 Å². The minimum atomic E-state index is -0.565. The Labute approximate surface area is 178 Å². The summed E-state index contributed by atoms with van der Waals surface area (Å²) >= 11 is 2.82. The van der Waals surface area contributed by atoms with Crippen molar-refractivity contribution in [2.24, 2.45) is 11.8 Å². The average molecular weight is 437 g/mol. The fourth-order valence-corrected chi connectivity index (χ4v) is 5.85. The Bertz CT molecular complexity index is 996. The summed E-state index contributed by atoms with van der Waals surface area (Å²) in [5.41, 5.74) is 1.15. The van der Waals surface area contributed by atoms with E-state index in [4.69, 9.17) is 4.98 Å². The van der Waals surface area contributed by atoms with Crippen LogP contribution in [-0.2, 0) is 24.2 Å². The van der Waals surface area contributed by atoms with E-state index in [2.05, 4.69) is 31.4 Å². The summed E-state index contributed by atoms with van der Waals surface area (Å²) in [6, 6.07) is -0.550. The first-order valence-corrected chi connectivity index (χ1v) is 11.6. The maximum Gasteiger partial charge on any atom is 0.321 e. The number of carbonyl (C=O) groups excluding carboxylic acids is 2. The van der Waals surface area contributed by atoms with Gasteiger partial charge in [-0.1, -0.05) is 32.5 Å². The highest BCUT2D eigenvalue weighted by Gasteiger charge is 2.26. The van der Waals surface area contributed by atoms with Gasteiger partial charge in [-0.3, -0.25) is 19.5 Å². The van der Waals surface area contributed by atoms with E-state index in [0.29, 0.717) is 17.6 Å². The van der Waals surface area contributed by atoms with Crippen molar-refractivity contribution in [2.75, 3.05) is 7.05 Å². The minimum absolute atomic E-state index is 0.0165. The number of hydrogen-bond donors (Lipinski definition) is 2. The van der Waals surface area contributed by atoms with Gasteiger partial charge < -0.3 is 5.32 Å². The molecule has 2 aromatic heterocycles. The Morgan fingerprint density at radius 3 is 2.72 bits per heavy atom. The lowest BCUT2D eigenvalue weighted by Crippen LogP contribution is -2.41. The third-order valence-electron chi connectivity index (χ3n) is 5.04. The highest BCUT2D eigenvalue weighted by Crippen LogP contribution is 2.37. The predicted octanol–water partition coefficient (Wildman–Crippen LogP) is 3.18. The smallest absolute Gasteiger partial charge is 0.321 e. The number of aryl methyl sites for hydroxylation is 1. The van der Waals surface area contributed by atoms with Gasteiger partial charge in [-0.15, -0.1) is 11.3 Å². The largest absolute Gasteiger partial charge is 0.341 e. The number of urea groups is 1. The van der Waals surface area contributed by atoms with Crippen molar-refractivity contribution in [2.45, 2.75) is 63.9 Å². The van der Waals surface area contributed by atoms with E-state index < -0.39 is 17.2 Å². The first-order valence-electron chi connectivity index (χ1n) is 9.95. The first-order chi connectivity index (χ1) is 13.7. The molecule has 158 valence electrons. The standard InChI is InChI=1S/C20H28N4O3S2/c1-10(2)9-24-18(26)15-13-7-6-11(3)8-14(13)29-17(15)23-20(24)28-12(4)16(25)22-19(27)21-5/h10-12H,6-9H2,1-5H3,(H2,21,22,25,27). The molecule has 1 aliphatic carbocycles. The monoisotopic (exact) mass is 436 g/mol. The Kier molecular flexibility index (Phi) is 6.68. The second-order valence-corrected chi connectivity index (χ2v) is 10.5. The quantitative estimate of drug-likeness (QED) is 0.555. The fraction of sp³-hybridized carbons (Fsp3) is 0.600. The average Bonchev–Trinajstić information content (AvgIpc) is 3.01. The lowest BCUT2D eigenvalue weighted by molar-refractivity contribution is -0.119. The number of fused-ring (bicyclic) bond motifs is 3. The number of amides is 3. The van der Waals surface area contributed by atoms with Gasteiger partial charge >= 0.3 is 6.03 Å². The maximum absolute atomic E-state index is 13.4. The predicted molar refractivity (Wildman–Crippen MR) is 118 cm³/mol. The van der Waals surface area contributed by atoms with E-state index in [9.17, 15) is 14.4 Å². The number of thioether (sulfide) groups is 1. The van der Waals surface area contributed by atoms with Crippen molar-refractivity contribution in [3.63, 3.8) is 0 Å². The molecule has 9 heteroatoms. The van der Waals surface area contributed by atoms with Crippen LogP contribution in [0.1, 0.15) is 44.6 Å². The van der Waals surface area contributed by atoms with E-state index in [1.54, 1.807) is 22.8 Å². The molecule has 29 heavy (non-hydrogen) atoms.